The third-order valence-electron chi connectivity index (χ3n) is 10.9. The van der Waals surface area contributed by atoms with E-state index in [1.807, 2.05) is 123 Å². The van der Waals surface area contributed by atoms with Gasteiger partial charge in [-0.1, -0.05) is 113 Å². The highest BCUT2D eigenvalue weighted by molar-refractivity contribution is 14.1. The maximum absolute atomic E-state index is 11.9. The summed E-state index contributed by atoms with van der Waals surface area (Å²) >= 11 is 30.7. The van der Waals surface area contributed by atoms with E-state index in [-0.39, 0.29) is 0 Å². The van der Waals surface area contributed by atoms with Crippen LogP contribution < -0.4 is 5.46 Å². The lowest BCUT2D eigenvalue weighted by atomic mass is 9.83. The second-order valence-electron chi connectivity index (χ2n) is 15.9. The Labute approximate surface area is 458 Å². The van der Waals surface area contributed by atoms with E-state index >= 15 is 0 Å². The first-order chi connectivity index (χ1) is 34.3. The van der Waals surface area contributed by atoms with E-state index in [2.05, 4.69) is 27.6 Å². The van der Waals surface area contributed by atoms with Gasteiger partial charge in [0.1, 0.15) is 15.3 Å². The average Bonchev–Trinajstić information content (AvgIpc) is 4.22. The summed E-state index contributed by atoms with van der Waals surface area (Å²) in [7, 11) is -7.85. The molecule has 0 aliphatic rings. The minimum atomic E-state index is -3.28. The van der Waals surface area contributed by atoms with Crippen LogP contribution in [0.3, 0.4) is 0 Å². The average molecular weight is 1220 g/mol. The van der Waals surface area contributed by atoms with E-state index in [1.54, 1.807) is 76.7 Å². The molecule has 4 heterocycles. The van der Waals surface area contributed by atoms with Crippen LogP contribution in [0.2, 0.25) is 20.1 Å². The summed E-state index contributed by atoms with van der Waals surface area (Å²) in [5, 5.41) is 26.4. The van der Waals surface area contributed by atoms with E-state index in [4.69, 9.17) is 61.4 Å². The van der Waals surface area contributed by atoms with Crippen molar-refractivity contribution in [3.05, 3.63) is 203 Å². The van der Waals surface area contributed by atoms with Crippen molar-refractivity contribution >= 4 is 124 Å². The van der Waals surface area contributed by atoms with E-state index in [0.29, 0.717) is 47.0 Å². The molecular formula is C52H38BCl4IN4O6S4. The molecule has 0 radical (unpaired) electrons. The lowest BCUT2D eigenvalue weighted by Crippen LogP contribution is -2.27. The summed E-state index contributed by atoms with van der Waals surface area (Å²) in [6.07, 6.45) is 6.32. The summed E-state index contributed by atoms with van der Waals surface area (Å²) in [5.74, 6) is 1.37. The van der Waals surface area contributed by atoms with Gasteiger partial charge in [-0.05, 0) is 145 Å². The largest absolute Gasteiger partial charge is 0.489 e. The molecule has 20 heteroatoms. The van der Waals surface area contributed by atoms with Crippen LogP contribution in [0.25, 0.3) is 67.7 Å². The van der Waals surface area contributed by atoms with Crippen LogP contribution in [-0.4, -0.2) is 65.6 Å². The number of rotatable bonds is 10. The summed E-state index contributed by atoms with van der Waals surface area (Å²) in [6, 6.07) is 44.2. The zero-order valence-electron chi connectivity index (χ0n) is 37.7. The van der Waals surface area contributed by atoms with Crippen LogP contribution in [0.15, 0.2) is 189 Å². The lowest BCUT2D eigenvalue weighted by Gasteiger charge is -2.11. The first-order valence-electron chi connectivity index (χ1n) is 21.3. The van der Waals surface area contributed by atoms with Crippen molar-refractivity contribution in [2.75, 3.05) is 12.5 Å². The maximum atomic E-state index is 11.9. The molecule has 0 fully saturated rings. The molecule has 0 bridgehead atoms. The number of sulfone groups is 2. The molecule has 72 heavy (non-hydrogen) atoms. The van der Waals surface area contributed by atoms with Crippen LogP contribution in [-0.2, 0) is 19.7 Å². The predicted molar refractivity (Wildman–Crippen MR) is 305 cm³/mol. The van der Waals surface area contributed by atoms with Gasteiger partial charge < -0.3 is 10.0 Å². The van der Waals surface area contributed by atoms with Crippen molar-refractivity contribution in [1.29, 1.82) is 0 Å². The third-order valence-corrected chi connectivity index (χ3v) is 16.7. The fourth-order valence-corrected chi connectivity index (χ4v) is 11.2. The summed E-state index contributed by atoms with van der Waals surface area (Å²) in [6.45, 7) is 0. The Morgan fingerprint density at radius 2 is 0.986 bits per heavy atom. The molecule has 0 atom stereocenters. The topological polar surface area (TPSA) is 144 Å². The highest BCUT2D eigenvalue weighted by Crippen LogP contribution is 2.38. The molecule has 6 aromatic carbocycles. The molecule has 0 amide bonds. The van der Waals surface area contributed by atoms with Crippen LogP contribution in [0.4, 0.5) is 0 Å². The Morgan fingerprint density at radius 3 is 1.42 bits per heavy atom. The number of imidazole rings is 2. The van der Waals surface area contributed by atoms with Gasteiger partial charge in [0.2, 0.25) is 0 Å². The second kappa shape index (κ2) is 23.0. The van der Waals surface area contributed by atoms with E-state index in [1.165, 1.54) is 23.8 Å². The first-order valence-corrected chi connectivity index (χ1v) is 29.6. The van der Waals surface area contributed by atoms with Crippen molar-refractivity contribution in [2.45, 2.75) is 9.79 Å². The minimum Gasteiger partial charge on any atom is -0.423 e. The second-order valence-corrected chi connectivity index (χ2v) is 24.2. The van der Waals surface area contributed by atoms with Crippen molar-refractivity contribution < 1.29 is 26.9 Å². The van der Waals surface area contributed by atoms with Gasteiger partial charge in [-0.25, -0.2) is 26.8 Å². The predicted octanol–water partition coefficient (Wildman–Crippen LogP) is 13.6. The van der Waals surface area contributed by atoms with Gasteiger partial charge in [0, 0.05) is 58.4 Å². The molecule has 10 rings (SSSR count). The smallest absolute Gasteiger partial charge is 0.423 e. The van der Waals surface area contributed by atoms with Crippen LogP contribution >= 0.6 is 91.7 Å². The van der Waals surface area contributed by atoms with Crippen molar-refractivity contribution in [3.8, 4) is 67.7 Å². The molecule has 0 saturated heterocycles. The number of nitrogens with zero attached hydrogens (tertiary/aromatic N) is 4. The summed E-state index contributed by atoms with van der Waals surface area (Å²) < 4.78 is 52.4. The van der Waals surface area contributed by atoms with E-state index in [9.17, 15) is 16.8 Å². The van der Waals surface area contributed by atoms with Gasteiger partial charge >= 0.3 is 7.12 Å². The highest BCUT2D eigenvalue weighted by Gasteiger charge is 2.19. The van der Waals surface area contributed by atoms with Crippen molar-refractivity contribution in [2.24, 2.45) is 0 Å². The molecule has 10 nitrogen and oxygen atoms in total. The zero-order chi connectivity index (χ0) is 51.3. The number of thiophene rings is 2. The lowest BCUT2D eigenvalue weighted by molar-refractivity contribution is 0.426. The Kier molecular flexibility index (Phi) is 17.0. The fourth-order valence-electron chi connectivity index (χ4n) is 7.27. The van der Waals surface area contributed by atoms with Crippen LogP contribution in [0, 0.1) is 3.70 Å². The summed E-state index contributed by atoms with van der Waals surface area (Å²) in [4.78, 5) is 10.1. The Bertz CT molecular complexity index is 3740. The third kappa shape index (κ3) is 12.6. The summed E-state index contributed by atoms with van der Waals surface area (Å²) in [5.41, 5.74) is 9.20. The quantitative estimate of drug-likeness (QED) is 0.102. The van der Waals surface area contributed by atoms with Gasteiger partial charge in [0.15, 0.2) is 19.7 Å². The van der Waals surface area contributed by atoms with Gasteiger partial charge in [-0.15, -0.1) is 0 Å². The molecule has 0 aliphatic carbocycles. The number of hydrogen-bond donors (Lipinski definition) is 2. The van der Waals surface area contributed by atoms with Crippen molar-refractivity contribution in [1.82, 2.24) is 19.1 Å². The monoisotopic (exact) mass is 1220 g/mol. The van der Waals surface area contributed by atoms with Crippen molar-refractivity contribution in [3.63, 3.8) is 0 Å². The van der Waals surface area contributed by atoms with Gasteiger partial charge in [-0.3, -0.25) is 9.13 Å². The minimum absolute atomic E-state index is 0.293. The molecule has 0 aliphatic heterocycles. The first kappa shape index (κ1) is 53.2. The van der Waals surface area contributed by atoms with E-state index in [0.717, 1.165) is 59.7 Å². The molecular weight excluding hydrogens is 1180 g/mol. The Morgan fingerprint density at radius 1 is 0.528 bits per heavy atom. The molecule has 2 N–H and O–H groups in total. The number of benzene rings is 6. The SMILES string of the molecule is CS(=O)(=O)c1cccc(-c2ccc(-n3cc(-c4ccsc4)nc3-c3cccc(Cl)c3Cl)cc2)c1.CS(=O)(=O)c1cccc(-c2ccc(-n3cc(I)nc3-c3cccc(Cl)c3Cl)cc2)c1.OB(O)c1ccsc1. The van der Waals surface area contributed by atoms with E-state index < -0.39 is 26.8 Å². The molecule has 0 spiro atoms. The van der Waals surface area contributed by atoms with Gasteiger partial charge in [0.05, 0.1) is 35.6 Å². The fraction of sp³-hybridized carbons (Fsp3) is 0.0385. The molecule has 0 unspecified atom stereocenters. The molecule has 4 aromatic heterocycles. The highest BCUT2D eigenvalue weighted by atomic mass is 127. The maximum Gasteiger partial charge on any atom is 0.489 e. The van der Waals surface area contributed by atoms with Gasteiger partial charge in [-0.2, -0.15) is 22.7 Å². The molecule has 10 aromatic rings. The number of aromatic nitrogens is 4. The van der Waals surface area contributed by atoms with Gasteiger partial charge in [0.25, 0.3) is 0 Å². The number of halogens is 5. The van der Waals surface area contributed by atoms with Crippen LogP contribution in [0.5, 0.6) is 0 Å². The standard InChI is InChI=1S/C26H18Cl2N2O2S2.C22H15Cl2IN2O2S.C4H5BO2S/c1-34(31,32)21-5-2-4-18(14-21)17-8-10-20(11-9-17)30-15-24(19-12-13-33-16-19)29-26(30)22-6-3-7-23(27)25(22)28;1-30(28,29)17-5-2-4-15(12-17)14-8-10-16(11-9-14)27-13-20(25)26-22(27)18-6-3-7-19(23)21(18)24;6-5(7)4-1-2-8-3-4/h2-16H,1H3;2-13H,1H3;1-3,6-7H. The normalized spacial score (nSPS) is 11.3. The molecule has 364 valence electrons. The zero-order valence-corrected chi connectivity index (χ0v) is 46.2. The van der Waals surface area contributed by atoms with Crippen LogP contribution in [0.1, 0.15) is 0 Å². The Hall–Kier alpha value is -5.09. The number of hydrogen-bond acceptors (Lipinski definition) is 10. The Balaban J connectivity index is 0.000000168. The molecule has 0 saturated carbocycles.